The third-order valence-electron chi connectivity index (χ3n) is 11.6. The van der Waals surface area contributed by atoms with Crippen molar-refractivity contribution in [3.63, 3.8) is 0 Å². The summed E-state index contributed by atoms with van der Waals surface area (Å²) < 4.78 is 38.0. The van der Waals surface area contributed by atoms with Crippen molar-refractivity contribution in [1.82, 2.24) is 4.90 Å². The molecule has 0 aliphatic carbocycles. The van der Waals surface area contributed by atoms with E-state index in [4.69, 9.17) is 28.4 Å². The van der Waals surface area contributed by atoms with Crippen LogP contribution >= 0.6 is 0 Å². The van der Waals surface area contributed by atoms with Gasteiger partial charge in [0.1, 0.15) is 23.9 Å². The van der Waals surface area contributed by atoms with Crippen LogP contribution in [0.2, 0.25) is 0 Å². The van der Waals surface area contributed by atoms with Gasteiger partial charge in [0, 0.05) is 37.4 Å². The Bertz CT molecular complexity index is 1450. The van der Waals surface area contributed by atoms with Crippen molar-refractivity contribution in [2.45, 2.75) is 142 Å². The highest BCUT2D eigenvalue weighted by atomic mass is 16.7. The maximum absolute atomic E-state index is 14.5. The van der Waals surface area contributed by atoms with Crippen LogP contribution in [0.1, 0.15) is 91.9 Å². The molecule has 13 nitrogen and oxygen atoms in total. The first-order valence-corrected chi connectivity index (χ1v) is 18.5. The number of anilines is 1. The monoisotopic (exact) mass is 732 g/mol. The number of likely N-dealkylation sites (N-methyl/N-ethyl adjacent to an activating group) is 1. The molecule has 0 saturated carbocycles. The number of hydrogen-bond donors (Lipinski definition) is 2. The molecule has 52 heavy (non-hydrogen) atoms. The third kappa shape index (κ3) is 8.33. The Morgan fingerprint density at radius 1 is 1.12 bits per heavy atom. The van der Waals surface area contributed by atoms with Crippen molar-refractivity contribution < 1.29 is 52.7 Å². The van der Waals surface area contributed by atoms with Crippen LogP contribution in [0.3, 0.4) is 0 Å². The lowest BCUT2D eigenvalue weighted by molar-refractivity contribution is -0.303. The van der Waals surface area contributed by atoms with E-state index in [1.165, 1.54) is 14.0 Å². The Balaban J connectivity index is 1.81. The van der Waals surface area contributed by atoms with Gasteiger partial charge >= 0.3 is 11.9 Å². The second-order valence-electron chi connectivity index (χ2n) is 15.8. The average molecular weight is 733 g/mol. The van der Waals surface area contributed by atoms with Crippen LogP contribution in [0.15, 0.2) is 18.2 Å². The average Bonchev–Trinajstić information content (AvgIpc) is 3.10. The van der Waals surface area contributed by atoms with E-state index in [0.717, 1.165) is 6.29 Å². The van der Waals surface area contributed by atoms with Crippen molar-refractivity contribution in [1.29, 1.82) is 0 Å². The van der Waals surface area contributed by atoms with Gasteiger partial charge in [-0.25, -0.2) is 0 Å². The lowest BCUT2D eigenvalue weighted by atomic mass is 9.72. The summed E-state index contributed by atoms with van der Waals surface area (Å²) in [6.45, 7) is 15.8. The minimum Gasteiger partial charge on any atom is -0.479 e. The SMILES string of the molecule is CCC1OC(=O)[C@H](C)[C@@H](O)[C@H](C)[C@@H](O[C@@H]2O[C@H](C)C[C@H](N(C)C)[C@H]2OC(C)=O)[C@](C)(OC)C[C@@H](C)C(=O)[C@H](C)[C@H]2Nc3cc(C=O)ccc3O[C@]12C. The molecule has 4 rings (SSSR count). The number of methoxy groups -OCH3 is 1. The predicted molar refractivity (Wildman–Crippen MR) is 193 cm³/mol. The summed E-state index contributed by atoms with van der Waals surface area (Å²) in [5.41, 5.74) is -1.43. The van der Waals surface area contributed by atoms with Crippen molar-refractivity contribution in [3.05, 3.63) is 23.8 Å². The van der Waals surface area contributed by atoms with Gasteiger partial charge in [0.25, 0.3) is 0 Å². The van der Waals surface area contributed by atoms with Crippen LogP contribution in [0.25, 0.3) is 0 Å². The number of aliphatic hydroxyl groups excluding tert-OH is 1. The largest absolute Gasteiger partial charge is 0.479 e. The number of hydrogen-bond acceptors (Lipinski definition) is 13. The van der Waals surface area contributed by atoms with Crippen molar-refractivity contribution in [2.24, 2.45) is 23.7 Å². The van der Waals surface area contributed by atoms with Gasteiger partial charge in [0.2, 0.25) is 0 Å². The summed E-state index contributed by atoms with van der Waals surface area (Å²) in [6, 6.07) is 4.08. The van der Waals surface area contributed by atoms with Gasteiger partial charge in [0.15, 0.2) is 18.0 Å². The Morgan fingerprint density at radius 2 is 1.79 bits per heavy atom. The Hall–Kier alpha value is -3.10. The van der Waals surface area contributed by atoms with Crippen LogP contribution in [0, 0.1) is 23.7 Å². The van der Waals surface area contributed by atoms with Gasteiger partial charge in [-0.2, -0.15) is 0 Å². The van der Waals surface area contributed by atoms with E-state index < -0.39 is 83.6 Å². The number of benzene rings is 1. The molecule has 13 heteroatoms. The summed E-state index contributed by atoms with van der Waals surface area (Å²) in [5, 5.41) is 15.4. The lowest BCUT2D eigenvalue weighted by Gasteiger charge is -2.50. The molecule has 2 saturated heterocycles. The molecule has 1 unspecified atom stereocenters. The number of Topliss-reactive ketones (excluding diaryl/α,β-unsaturated/α-hetero) is 1. The number of ketones is 1. The Labute approximate surface area is 308 Å². The number of nitrogens with one attached hydrogen (secondary N) is 1. The highest BCUT2D eigenvalue weighted by Gasteiger charge is 2.55. The highest BCUT2D eigenvalue weighted by molar-refractivity contribution is 5.85. The van der Waals surface area contributed by atoms with E-state index >= 15 is 0 Å². The molecule has 0 radical (unpaired) electrons. The molecule has 0 bridgehead atoms. The first-order chi connectivity index (χ1) is 24.3. The molecule has 292 valence electrons. The fourth-order valence-electron chi connectivity index (χ4n) is 8.51. The van der Waals surface area contributed by atoms with Gasteiger partial charge in [-0.3, -0.25) is 19.2 Å². The molecule has 3 heterocycles. The van der Waals surface area contributed by atoms with Gasteiger partial charge in [-0.1, -0.05) is 27.7 Å². The molecular formula is C39H60N2O11. The maximum atomic E-state index is 14.5. The number of aliphatic hydroxyl groups is 1. The smallest absolute Gasteiger partial charge is 0.311 e. The van der Waals surface area contributed by atoms with Crippen molar-refractivity contribution >= 4 is 29.7 Å². The molecule has 3 aliphatic rings. The molecule has 1 aromatic carbocycles. The van der Waals surface area contributed by atoms with E-state index in [-0.39, 0.29) is 24.3 Å². The zero-order valence-electron chi connectivity index (χ0n) is 32.8. The minimum absolute atomic E-state index is 0.0999. The number of carbonyl (C=O) groups excluding carboxylic acids is 4. The normalized spacial score (nSPS) is 40.3. The van der Waals surface area contributed by atoms with Gasteiger partial charge in [0.05, 0.1) is 47.6 Å². The molecule has 2 fully saturated rings. The van der Waals surface area contributed by atoms with Crippen LogP contribution in [0.5, 0.6) is 5.75 Å². The fourth-order valence-corrected chi connectivity index (χ4v) is 8.51. The Morgan fingerprint density at radius 3 is 2.37 bits per heavy atom. The van der Waals surface area contributed by atoms with Crippen LogP contribution in [0.4, 0.5) is 5.69 Å². The molecule has 0 aromatic heterocycles. The summed E-state index contributed by atoms with van der Waals surface area (Å²) in [5.74, 6) is -3.81. The molecule has 0 amide bonds. The number of fused-ring (bicyclic) bond motifs is 2. The number of carbonyl (C=O) groups is 4. The molecular weight excluding hydrogens is 672 g/mol. The summed E-state index contributed by atoms with van der Waals surface area (Å²) in [6.07, 6.45) is -3.33. The first-order valence-electron chi connectivity index (χ1n) is 18.5. The van der Waals surface area contributed by atoms with Crippen LogP contribution < -0.4 is 10.1 Å². The standard InChI is InChI=1S/C39H60N2O11/c1-13-30-39(9)34(40-27-17-26(19-42)14-15-29(27)52-39)22(4)31(44)20(2)18-38(8,47-12)35(23(5)32(45)24(6)36(46)50-30)51-37-33(49-25(7)43)28(41(10)11)16-21(3)48-37/h14-15,17,19-24,28,30,32-35,37,40,45H,13,16,18H2,1-12H3/t20-,21-,22+,23+,24-,28+,30?,32+,33-,34-,35-,37+,38-,39-/m1/s1. The van der Waals surface area contributed by atoms with Crippen molar-refractivity contribution in [3.8, 4) is 5.75 Å². The molecule has 14 atom stereocenters. The van der Waals surface area contributed by atoms with E-state index in [1.807, 2.05) is 60.5 Å². The number of nitrogens with zero attached hydrogens (tertiary/aromatic N) is 1. The Kier molecular flexibility index (Phi) is 13.2. The van der Waals surface area contributed by atoms with Crippen LogP contribution in [-0.4, -0.2) is 115 Å². The third-order valence-corrected chi connectivity index (χ3v) is 11.6. The van der Waals surface area contributed by atoms with Gasteiger partial charge in [-0.15, -0.1) is 0 Å². The van der Waals surface area contributed by atoms with Crippen LogP contribution in [-0.2, 0) is 38.1 Å². The minimum atomic E-state index is -1.29. The first kappa shape index (κ1) is 41.7. The topological polar surface area (TPSA) is 159 Å². The summed E-state index contributed by atoms with van der Waals surface area (Å²) >= 11 is 0. The molecule has 3 aliphatic heterocycles. The second kappa shape index (κ2) is 16.5. The maximum Gasteiger partial charge on any atom is 0.311 e. The fraction of sp³-hybridized carbons (Fsp3) is 0.744. The molecule has 2 N–H and O–H groups in total. The lowest BCUT2D eigenvalue weighted by Crippen LogP contribution is -2.64. The zero-order chi connectivity index (χ0) is 38.9. The summed E-state index contributed by atoms with van der Waals surface area (Å²) in [7, 11) is 5.31. The van der Waals surface area contributed by atoms with E-state index in [0.29, 0.717) is 29.8 Å². The summed E-state index contributed by atoms with van der Waals surface area (Å²) in [4.78, 5) is 54.5. The number of ether oxygens (including phenoxy) is 6. The van der Waals surface area contributed by atoms with E-state index in [2.05, 4.69) is 5.32 Å². The number of esters is 2. The quantitative estimate of drug-likeness (QED) is 0.300. The number of aldehydes is 1. The number of rotatable bonds is 7. The highest BCUT2D eigenvalue weighted by Crippen LogP contribution is 2.44. The number of cyclic esters (lactones) is 1. The molecule has 0 spiro atoms. The van der Waals surface area contributed by atoms with Crippen molar-refractivity contribution in [2.75, 3.05) is 26.5 Å². The van der Waals surface area contributed by atoms with E-state index in [9.17, 15) is 24.3 Å². The zero-order valence-corrected chi connectivity index (χ0v) is 32.8. The predicted octanol–water partition coefficient (Wildman–Crippen LogP) is 4.42. The molecule has 1 aromatic rings. The van der Waals surface area contributed by atoms with E-state index in [1.54, 1.807) is 32.0 Å². The van der Waals surface area contributed by atoms with Gasteiger partial charge < -0.3 is 43.7 Å². The second-order valence-corrected chi connectivity index (χ2v) is 15.8. The van der Waals surface area contributed by atoms with Gasteiger partial charge in [-0.05, 0) is 79.3 Å².